The van der Waals surface area contributed by atoms with E-state index in [1.165, 1.54) is 11.3 Å². The molecule has 0 radical (unpaired) electrons. The molecule has 1 aliphatic rings. The summed E-state index contributed by atoms with van der Waals surface area (Å²) in [6.07, 6.45) is 1.14. The van der Waals surface area contributed by atoms with Crippen molar-refractivity contribution < 1.29 is 0 Å². The van der Waals surface area contributed by atoms with Gasteiger partial charge in [-0.3, -0.25) is 4.99 Å². The molecule has 1 aromatic rings. The third-order valence-electron chi connectivity index (χ3n) is 3.66. The van der Waals surface area contributed by atoms with E-state index >= 15 is 0 Å². The fourth-order valence-corrected chi connectivity index (χ4v) is 2.52. The highest BCUT2D eigenvalue weighted by atomic mass is 127. The minimum atomic E-state index is 0. The van der Waals surface area contributed by atoms with Gasteiger partial charge in [-0.15, -0.1) is 24.0 Å². The standard InChI is InChI=1S/C16H26N4.HI/c1-12(2)10-18-16(17)19-11-13(3)20-9-8-14-6-4-5-7-15(14)20;/h4-7,12-13H,8-11H2,1-3H3,(H3,17,18,19);1H. The molecule has 0 amide bonds. The summed E-state index contributed by atoms with van der Waals surface area (Å²) < 4.78 is 0. The van der Waals surface area contributed by atoms with E-state index in [9.17, 15) is 0 Å². The number of hydrogen-bond donors (Lipinski definition) is 2. The summed E-state index contributed by atoms with van der Waals surface area (Å²) in [5.74, 6) is 1.09. The molecule has 1 atom stereocenters. The molecule has 1 aromatic carbocycles. The number of benzene rings is 1. The maximum absolute atomic E-state index is 5.88. The molecule has 0 fully saturated rings. The van der Waals surface area contributed by atoms with Crippen molar-refractivity contribution in [3.05, 3.63) is 29.8 Å². The van der Waals surface area contributed by atoms with E-state index in [0.717, 1.165) is 26.1 Å². The normalized spacial score (nSPS) is 15.6. The Bertz CT molecular complexity index is 473. The van der Waals surface area contributed by atoms with Crippen LogP contribution in [0.2, 0.25) is 0 Å². The average Bonchev–Trinajstić information content (AvgIpc) is 2.86. The van der Waals surface area contributed by atoms with Crippen molar-refractivity contribution in [3.8, 4) is 0 Å². The summed E-state index contributed by atoms with van der Waals surface area (Å²) in [6.45, 7) is 9.19. The second kappa shape index (κ2) is 8.46. The van der Waals surface area contributed by atoms with Crippen LogP contribution >= 0.6 is 24.0 Å². The number of nitrogens with one attached hydrogen (secondary N) is 1. The molecule has 3 N–H and O–H groups in total. The van der Waals surface area contributed by atoms with Crippen LogP contribution in [0.1, 0.15) is 26.3 Å². The zero-order chi connectivity index (χ0) is 14.5. The molecule has 0 saturated carbocycles. The van der Waals surface area contributed by atoms with Gasteiger partial charge < -0.3 is 16.0 Å². The molecule has 1 aliphatic heterocycles. The van der Waals surface area contributed by atoms with Gasteiger partial charge in [-0.1, -0.05) is 32.0 Å². The van der Waals surface area contributed by atoms with E-state index in [0.29, 0.717) is 17.9 Å². The van der Waals surface area contributed by atoms with E-state index < -0.39 is 0 Å². The van der Waals surface area contributed by atoms with Crippen LogP contribution in [0.4, 0.5) is 5.69 Å². The average molecular weight is 402 g/mol. The number of nitrogens with two attached hydrogens (primary N) is 1. The number of fused-ring (bicyclic) bond motifs is 1. The van der Waals surface area contributed by atoms with Gasteiger partial charge >= 0.3 is 0 Å². The topological polar surface area (TPSA) is 53.6 Å². The molecule has 0 aliphatic carbocycles. The molecule has 0 saturated heterocycles. The number of hydrogen-bond acceptors (Lipinski definition) is 2. The molecular weight excluding hydrogens is 375 g/mol. The maximum atomic E-state index is 5.88. The number of guanidine groups is 1. The zero-order valence-electron chi connectivity index (χ0n) is 13.2. The van der Waals surface area contributed by atoms with Gasteiger partial charge in [0.15, 0.2) is 5.96 Å². The fourth-order valence-electron chi connectivity index (χ4n) is 2.52. The summed E-state index contributed by atoms with van der Waals surface area (Å²) in [5, 5.41) is 3.23. The van der Waals surface area contributed by atoms with Crippen molar-refractivity contribution in [2.45, 2.75) is 33.2 Å². The Morgan fingerprint density at radius 2 is 2.05 bits per heavy atom. The van der Waals surface area contributed by atoms with Gasteiger partial charge in [-0.25, -0.2) is 0 Å². The first-order valence-electron chi connectivity index (χ1n) is 7.46. The van der Waals surface area contributed by atoms with Crippen molar-refractivity contribution >= 4 is 35.6 Å². The molecule has 0 bridgehead atoms. The molecular formula is C16H27IN4. The lowest BCUT2D eigenvalue weighted by Gasteiger charge is -2.27. The van der Waals surface area contributed by atoms with Gasteiger partial charge in [0.25, 0.3) is 0 Å². The Kier molecular flexibility index (Phi) is 7.28. The highest BCUT2D eigenvalue weighted by Gasteiger charge is 2.22. The molecule has 0 spiro atoms. The van der Waals surface area contributed by atoms with Crippen molar-refractivity contribution in [2.75, 3.05) is 24.5 Å². The summed E-state index contributed by atoms with van der Waals surface area (Å²) in [5.41, 5.74) is 8.69. The monoisotopic (exact) mass is 402 g/mol. The molecule has 0 aromatic heterocycles. The van der Waals surface area contributed by atoms with Crippen LogP contribution in [0.5, 0.6) is 0 Å². The third kappa shape index (κ3) is 5.05. The Morgan fingerprint density at radius 3 is 2.76 bits per heavy atom. The van der Waals surface area contributed by atoms with Crippen LogP contribution in [0.15, 0.2) is 29.3 Å². The molecule has 5 heteroatoms. The number of aliphatic imine (C=N–C) groups is 1. The van der Waals surface area contributed by atoms with Gasteiger partial charge in [0, 0.05) is 31.4 Å². The summed E-state index contributed by atoms with van der Waals surface area (Å²) in [7, 11) is 0. The molecule has 1 heterocycles. The molecule has 21 heavy (non-hydrogen) atoms. The van der Waals surface area contributed by atoms with Crippen LogP contribution in [-0.4, -0.2) is 31.6 Å². The van der Waals surface area contributed by atoms with E-state index in [2.05, 4.69) is 60.2 Å². The van der Waals surface area contributed by atoms with Crippen molar-refractivity contribution in [2.24, 2.45) is 16.6 Å². The van der Waals surface area contributed by atoms with Crippen molar-refractivity contribution in [3.63, 3.8) is 0 Å². The Balaban J connectivity index is 0.00000220. The van der Waals surface area contributed by atoms with Crippen molar-refractivity contribution in [1.82, 2.24) is 5.32 Å². The second-order valence-electron chi connectivity index (χ2n) is 5.92. The largest absolute Gasteiger partial charge is 0.370 e. The minimum absolute atomic E-state index is 0. The lowest BCUT2D eigenvalue weighted by Crippen LogP contribution is -2.44. The summed E-state index contributed by atoms with van der Waals surface area (Å²) in [4.78, 5) is 6.77. The third-order valence-corrected chi connectivity index (χ3v) is 3.66. The van der Waals surface area contributed by atoms with Crippen LogP contribution in [0, 0.1) is 5.92 Å². The fraction of sp³-hybridized carbons (Fsp3) is 0.562. The highest BCUT2D eigenvalue weighted by molar-refractivity contribution is 14.0. The van der Waals surface area contributed by atoms with Gasteiger partial charge in [-0.05, 0) is 30.9 Å². The van der Waals surface area contributed by atoms with Crippen LogP contribution in [-0.2, 0) is 6.42 Å². The van der Waals surface area contributed by atoms with Gasteiger partial charge in [0.05, 0.1) is 0 Å². The Morgan fingerprint density at radius 1 is 1.33 bits per heavy atom. The quantitative estimate of drug-likeness (QED) is 0.452. The zero-order valence-corrected chi connectivity index (χ0v) is 15.5. The molecule has 1 unspecified atom stereocenters. The van der Waals surface area contributed by atoms with Crippen LogP contribution in [0.3, 0.4) is 0 Å². The first-order chi connectivity index (χ1) is 9.58. The summed E-state index contributed by atoms with van der Waals surface area (Å²) >= 11 is 0. The second-order valence-corrected chi connectivity index (χ2v) is 5.92. The predicted molar refractivity (Wildman–Crippen MR) is 102 cm³/mol. The first-order valence-corrected chi connectivity index (χ1v) is 7.46. The first kappa shape index (κ1) is 18.1. The highest BCUT2D eigenvalue weighted by Crippen LogP contribution is 2.28. The Labute approximate surface area is 145 Å². The molecule has 4 nitrogen and oxygen atoms in total. The van der Waals surface area contributed by atoms with E-state index in [-0.39, 0.29) is 24.0 Å². The lowest BCUT2D eigenvalue weighted by molar-refractivity contribution is 0.625. The van der Waals surface area contributed by atoms with E-state index in [4.69, 9.17) is 5.73 Å². The number of para-hydroxylation sites is 1. The van der Waals surface area contributed by atoms with E-state index in [1.54, 1.807) is 0 Å². The number of anilines is 1. The number of nitrogens with zero attached hydrogens (tertiary/aromatic N) is 2. The van der Waals surface area contributed by atoms with E-state index in [1.807, 2.05) is 0 Å². The van der Waals surface area contributed by atoms with Crippen LogP contribution in [0.25, 0.3) is 0 Å². The SMILES string of the molecule is CC(C)CN=C(N)NCC(C)N1CCc2ccccc21.I. The Hall–Kier alpha value is -0.980. The predicted octanol–water partition coefficient (Wildman–Crippen LogP) is 2.62. The minimum Gasteiger partial charge on any atom is -0.370 e. The smallest absolute Gasteiger partial charge is 0.188 e. The summed E-state index contributed by atoms with van der Waals surface area (Å²) in [6, 6.07) is 9.05. The van der Waals surface area contributed by atoms with Gasteiger partial charge in [0.1, 0.15) is 0 Å². The van der Waals surface area contributed by atoms with Crippen LogP contribution < -0.4 is 16.0 Å². The van der Waals surface area contributed by atoms with Gasteiger partial charge in [0.2, 0.25) is 0 Å². The lowest BCUT2D eigenvalue weighted by atomic mass is 10.2. The maximum Gasteiger partial charge on any atom is 0.188 e. The molecule has 2 rings (SSSR count). The molecule has 118 valence electrons. The number of rotatable bonds is 5. The van der Waals surface area contributed by atoms with Gasteiger partial charge in [-0.2, -0.15) is 0 Å². The number of halogens is 1. The van der Waals surface area contributed by atoms with Crippen molar-refractivity contribution in [1.29, 1.82) is 0 Å².